The summed E-state index contributed by atoms with van der Waals surface area (Å²) in [6.45, 7) is -0.129. The lowest BCUT2D eigenvalue weighted by molar-refractivity contribution is -0.112. The molecule has 6 nitrogen and oxygen atoms in total. The molecule has 0 atom stereocenters. The zero-order valence-corrected chi connectivity index (χ0v) is 18.1. The fraction of sp³-hybridized carbons (Fsp3) is 0.111. The van der Waals surface area contributed by atoms with Crippen LogP contribution in [0.5, 0.6) is 5.75 Å². The second kappa shape index (κ2) is 8.67. The lowest BCUT2D eigenvalue weighted by Crippen LogP contribution is -2.15. The van der Waals surface area contributed by atoms with E-state index < -0.39 is 0 Å². The standard InChI is InChI=1S/C27H21N3O3/c1-33-21-13-11-18(12-14-21)23-16-24(30(29-23)20-8-3-2-4-9-20)26(32)17-28-27-22-10-6-5-7-19(22)15-25(27)31/h2-14,16H,15,17H2,1H3. The van der Waals surface area contributed by atoms with Crippen molar-refractivity contribution in [2.45, 2.75) is 6.42 Å². The maximum atomic E-state index is 13.3. The number of Topliss-reactive ketones (excluding diaryl/α,β-unsaturated/α-hetero) is 2. The van der Waals surface area contributed by atoms with Gasteiger partial charge in [-0.15, -0.1) is 0 Å². The monoisotopic (exact) mass is 435 g/mol. The SMILES string of the molecule is COc1ccc(-c2cc(C(=O)CN=C3C(=O)Cc4ccccc43)n(-c3ccccc3)n2)cc1. The van der Waals surface area contributed by atoms with Gasteiger partial charge < -0.3 is 4.74 Å². The minimum atomic E-state index is -0.212. The smallest absolute Gasteiger partial charge is 0.202 e. The summed E-state index contributed by atoms with van der Waals surface area (Å²) >= 11 is 0. The summed E-state index contributed by atoms with van der Waals surface area (Å²) < 4.78 is 6.87. The van der Waals surface area contributed by atoms with E-state index in [1.165, 1.54) is 0 Å². The van der Waals surface area contributed by atoms with Crippen LogP contribution in [0.4, 0.5) is 0 Å². The number of benzene rings is 3. The molecule has 1 aromatic heterocycles. The van der Waals surface area contributed by atoms with Crippen molar-refractivity contribution >= 4 is 17.3 Å². The molecule has 162 valence electrons. The number of carbonyl (C=O) groups excluding carboxylic acids is 2. The maximum absolute atomic E-state index is 13.3. The Balaban J connectivity index is 1.50. The zero-order valence-electron chi connectivity index (χ0n) is 18.1. The first kappa shape index (κ1) is 20.6. The van der Waals surface area contributed by atoms with Gasteiger partial charge in [0, 0.05) is 17.5 Å². The Morgan fingerprint density at radius 1 is 1.00 bits per heavy atom. The van der Waals surface area contributed by atoms with Gasteiger partial charge in [0.1, 0.15) is 23.7 Å². The number of hydrogen-bond acceptors (Lipinski definition) is 5. The molecular weight excluding hydrogens is 414 g/mol. The summed E-state index contributed by atoms with van der Waals surface area (Å²) in [4.78, 5) is 30.1. The van der Waals surface area contributed by atoms with E-state index in [0.29, 0.717) is 23.5 Å². The normalized spacial score (nSPS) is 13.8. The molecule has 0 N–H and O–H groups in total. The predicted octanol–water partition coefficient (Wildman–Crippen LogP) is 4.35. The molecule has 0 fully saturated rings. The van der Waals surface area contributed by atoms with Crippen molar-refractivity contribution in [3.05, 3.63) is 102 Å². The molecule has 0 spiro atoms. The average Bonchev–Trinajstić information content (AvgIpc) is 3.44. The summed E-state index contributed by atoms with van der Waals surface area (Å²) in [5.74, 6) is 0.477. The highest BCUT2D eigenvalue weighted by atomic mass is 16.5. The summed E-state index contributed by atoms with van der Waals surface area (Å²) in [5.41, 5.74) is 4.85. The third-order valence-corrected chi connectivity index (χ3v) is 5.65. The molecule has 1 heterocycles. The van der Waals surface area contributed by atoms with Crippen molar-refractivity contribution in [2.24, 2.45) is 4.99 Å². The molecule has 0 saturated heterocycles. The minimum absolute atomic E-state index is 0.0560. The van der Waals surface area contributed by atoms with Crippen molar-refractivity contribution < 1.29 is 14.3 Å². The number of para-hydroxylation sites is 1. The molecule has 33 heavy (non-hydrogen) atoms. The van der Waals surface area contributed by atoms with Crippen molar-refractivity contribution in [1.82, 2.24) is 9.78 Å². The Bertz CT molecular complexity index is 1370. The first-order valence-electron chi connectivity index (χ1n) is 10.6. The van der Waals surface area contributed by atoms with Crippen LogP contribution in [0.3, 0.4) is 0 Å². The molecule has 6 heteroatoms. The van der Waals surface area contributed by atoms with Gasteiger partial charge >= 0.3 is 0 Å². The fourth-order valence-electron chi connectivity index (χ4n) is 3.97. The molecule has 1 aliphatic rings. The van der Waals surface area contributed by atoms with E-state index in [4.69, 9.17) is 9.84 Å². The molecular formula is C27H21N3O3. The second-order valence-corrected chi connectivity index (χ2v) is 7.74. The lowest BCUT2D eigenvalue weighted by Gasteiger charge is -2.06. The summed E-state index contributed by atoms with van der Waals surface area (Å²) in [6.07, 6.45) is 0.326. The van der Waals surface area contributed by atoms with E-state index in [1.807, 2.05) is 78.9 Å². The summed E-state index contributed by atoms with van der Waals surface area (Å²) in [7, 11) is 1.62. The number of ketones is 2. The van der Waals surface area contributed by atoms with Crippen LogP contribution < -0.4 is 4.74 Å². The highest BCUT2D eigenvalue weighted by molar-refractivity contribution is 6.49. The van der Waals surface area contributed by atoms with Crippen LogP contribution in [0, 0.1) is 0 Å². The van der Waals surface area contributed by atoms with Crippen LogP contribution >= 0.6 is 0 Å². The van der Waals surface area contributed by atoms with E-state index in [2.05, 4.69) is 4.99 Å². The van der Waals surface area contributed by atoms with Gasteiger partial charge in [-0.3, -0.25) is 14.6 Å². The van der Waals surface area contributed by atoms with Crippen molar-refractivity contribution in [3.63, 3.8) is 0 Å². The maximum Gasteiger partial charge on any atom is 0.202 e. The lowest BCUT2D eigenvalue weighted by atomic mass is 10.1. The van der Waals surface area contributed by atoms with Crippen molar-refractivity contribution in [1.29, 1.82) is 0 Å². The third-order valence-electron chi connectivity index (χ3n) is 5.65. The molecule has 0 unspecified atom stereocenters. The quantitative estimate of drug-likeness (QED) is 0.422. The van der Waals surface area contributed by atoms with E-state index in [-0.39, 0.29) is 18.1 Å². The molecule has 0 radical (unpaired) electrons. The number of rotatable bonds is 6. The number of methoxy groups -OCH3 is 1. The van der Waals surface area contributed by atoms with Gasteiger partial charge in [0.25, 0.3) is 0 Å². The molecule has 0 amide bonds. The van der Waals surface area contributed by atoms with Crippen LogP contribution in [0.25, 0.3) is 16.9 Å². The molecule has 1 aliphatic carbocycles. The highest BCUT2D eigenvalue weighted by Gasteiger charge is 2.26. The first-order chi connectivity index (χ1) is 16.1. The molecule has 0 saturated carbocycles. The highest BCUT2D eigenvalue weighted by Crippen LogP contribution is 2.25. The molecule has 0 aliphatic heterocycles. The van der Waals surface area contributed by atoms with Crippen LogP contribution in [0.15, 0.2) is 89.9 Å². The van der Waals surface area contributed by atoms with Crippen molar-refractivity contribution in [3.8, 4) is 22.7 Å². The fourth-order valence-corrected chi connectivity index (χ4v) is 3.97. The van der Waals surface area contributed by atoms with Gasteiger partial charge in [-0.25, -0.2) is 4.68 Å². The van der Waals surface area contributed by atoms with Gasteiger partial charge in [0.05, 0.1) is 18.5 Å². The Morgan fingerprint density at radius 2 is 1.73 bits per heavy atom. The average molecular weight is 435 g/mol. The number of fused-ring (bicyclic) bond motifs is 1. The Kier molecular flexibility index (Phi) is 5.40. The molecule has 3 aromatic carbocycles. The van der Waals surface area contributed by atoms with Gasteiger partial charge in [-0.05, 0) is 48.0 Å². The Labute approximate surface area is 191 Å². The Hall–Kier alpha value is -4.32. The molecule has 5 rings (SSSR count). The molecule has 0 bridgehead atoms. The number of aliphatic imine (C=N–C) groups is 1. The minimum Gasteiger partial charge on any atom is -0.497 e. The van der Waals surface area contributed by atoms with E-state index in [1.54, 1.807) is 17.9 Å². The number of aromatic nitrogens is 2. The second-order valence-electron chi connectivity index (χ2n) is 7.74. The summed E-state index contributed by atoms with van der Waals surface area (Å²) in [5, 5.41) is 4.70. The van der Waals surface area contributed by atoms with Crippen molar-refractivity contribution in [2.75, 3.05) is 13.7 Å². The zero-order chi connectivity index (χ0) is 22.8. The largest absolute Gasteiger partial charge is 0.497 e. The van der Waals surface area contributed by atoms with Crippen LogP contribution in [0.2, 0.25) is 0 Å². The molecule has 4 aromatic rings. The van der Waals surface area contributed by atoms with Gasteiger partial charge in [0.2, 0.25) is 5.78 Å². The first-order valence-corrected chi connectivity index (χ1v) is 10.6. The van der Waals surface area contributed by atoms with Gasteiger partial charge in [-0.2, -0.15) is 5.10 Å². The Morgan fingerprint density at radius 3 is 2.48 bits per heavy atom. The van der Waals surface area contributed by atoms with E-state index in [0.717, 1.165) is 28.1 Å². The van der Waals surface area contributed by atoms with Gasteiger partial charge in [-0.1, -0.05) is 42.5 Å². The number of hydrogen-bond donors (Lipinski definition) is 0. The van der Waals surface area contributed by atoms with Gasteiger partial charge in [0.15, 0.2) is 5.78 Å². The van der Waals surface area contributed by atoms with E-state index in [9.17, 15) is 9.59 Å². The van der Waals surface area contributed by atoms with Crippen LogP contribution in [-0.2, 0) is 11.2 Å². The third kappa shape index (κ3) is 3.99. The number of nitrogens with zero attached hydrogens (tertiary/aromatic N) is 3. The van der Waals surface area contributed by atoms with Crippen LogP contribution in [0.1, 0.15) is 21.6 Å². The van der Waals surface area contributed by atoms with Crippen LogP contribution in [-0.4, -0.2) is 40.7 Å². The summed E-state index contributed by atoms with van der Waals surface area (Å²) in [6, 6.07) is 26.3. The number of carbonyl (C=O) groups is 2. The predicted molar refractivity (Wildman–Crippen MR) is 126 cm³/mol. The number of ether oxygens (including phenoxy) is 1. The van der Waals surface area contributed by atoms with E-state index >= 15 is 0 Å². The topological polar surface area (TPSA) is 73.5 Å².